The average molecular weight is 303 g/mol. The topological polar surface area (TPSA) is 79.3 Å². The number of benzene rings is 1. The number of nitrogens with one attached hydrogen (secondary N) is 1. The molecule has 0 radical (unpaired) electrons. The van der Waals surface area contributed by atoms with E-state index in [4.69, 9.17) is 16.7 Å². The van der Waals surface area contributed by atoms with Gasteiger partial charge in [0.05, 0.1) is 0 Å². The Balaban J connectivity index is 2.14. The van der Waals surface area contributed by atoms with Crippen molar-refractivity contribution in [3.05, 3.63) is 65.0 Å². The van der Waals surface area contributed by atoms with Crippen molar-refractivity contribution < 1.29 is 14.7 Å². The first-order valence-electron chi connectivity index (χ1n) is 5.98. The van der Waals surface area contributed by atoms with Crippen molar-refractivity contribution in [1.29, 1.82) is 0 Å². The van der Waals surface area contributed by atoms with E-state index in [1.54, 1.807) is 30.3 Å². The molecule has 0 aliphatic heterocycles. The smallest absolute Gasteiger partial charge is 0.328 e. The molecule has 0 unspecified atom stereocenters. The van der Waals surface area contributed by atoms with Gasteiger partial charge in [-0.15, -0.1) is 0 Å². The van der Waals surface area contributed by atoms with Crippen LogP contribution in [0.2, 0.25) is 5.02 Å². The van der Waals surface area contributed by atoms with Crippen LogP contribution in [0, 0.1) is 0 Å². The number of rotatable bonds is 4. The van der Waals surface area contributed by atoms with Crippen molar-refractivity contribution in [2.75, 3.05) is 5.32 Å². The van der Waals surface area contributed by atoms with E-state index in [2.05, 4.69) is 10.3 Å². The van der Waals surface area contributed by atoms with Gasteiger partial charge in [0.2, 0.25) is 0 Å². The first-order valence-corrected chi connectivity index (χ1v) is 6.36. The van der Waals surface area contributed by atoms with Crippen molar-refractivity contribution in [3.63, 3.8) is 0 Å². The number of nitrogens with zero attached hydrogens (tertiary/aromatic N) is 1. The molecule has 2 rings (SSSR count). The highest BCUT2D eigenvalue weighted by Gasteiger charge is 2.08. The Morgan fingerprint density at radius 2 is 2.05 bits per heavy atom. The molecule has 0 atom stereocenters. The molecule has 0 aliphatic carbocycles. The van der Waals surface area contributed by atoms with Crippen LogP contribution >= 0.6 is 11.6 Å². The van der Waals surface area contributed by atoms with E-state index in [9.17, 15) is 9.59 Å². The maximum atomic E-state index is 12.0. The third-order valence-electron chi connectivity index (χ3n) is 2.52. The van der Waals surface area contributed by atoms with Crippen LogP contribution in [0.25, 0.3) is 6.08 Å². The Morgan fingerprint density at radius 1 is 1.24 bits per heavy atom. The Kier molecular flexibility index (Phi) is 4.68. The lowest BCUT2D eigenvalue weighted by Crippen LogP contribution is -2.13. The monoisotopic (exact) mass is 302 g/mol. The van der Waals surface area contributed by atoms with Gasteiger partial charge in [-0.05, 0) is 35.9 Å². The van der Waals surface area contributed by atoms with Gasteiger partial charge in [-0.3, -0.25) is 9.78 Å². The minimum Gasteiger partial charge on any atom is -0.478 e. The van der Waals surface area contributed by atoms with Gasteiger partial charge in [-0.25, -0.2) is 4.79 Å². The molecule has 2 aromatic rings. The number of amides is 1. The van der Waals surface area contributed by atoms with Crippen LogP contribution in [0.1, 0.15) is 16.1 Å². The lowest BCUT2D eigenvalue weighted by Gasteiger charge is -2.05. The number of pyridine rings is 1. The Bertz CT molecular complexity index is 714. The van der Waals surface area contributed by atoms with Crippen LogP contribution in [0.5, 0.6) is 0 Å². The van der Waals surface area contributed by atoms with Gasteiger partial charge in [-0.1, -0.05) is 23.7 Å². The fourth-order valence-corrected chi connectivity index (χ4v) is 1.77. The molecule has 5 nitrogen and oxygen atoms in total. The lowest BCUT2D eigenvalue weighted by atomic mass is 10.2. The summed E-state index contributed by atoms with van der Waals surface area (Å²) in [5.41, 5.74) is 1.40. The molecule has 1 amide bonds. The second-order valence-electron chi connectivity index (χ2n) is 4.11. The molecule has 1 aromatic carbocycles. The molecule has 0 bridgehead atoms. The van der Waals surface area contributed by atoms with E-state index in [0.717, 1.165) is 6.08 Å². The predicted octanol–water partition coefficient (Wildman–Crippen LogP) is 3.09. The molecule has 1 heterocycles. The number of carboxylic acids is 1. The highest BCUT2D eigenvalue weighted by molar-refractivity contribution is 6.30. The number of hydrogen-bond donors (Lipinski definition) is 2. The summed E-state index contributed by atoms with van der Waals surface area (Å²) < 4.78 is 0. The zero-order valence-electron chi connectivity index (χ0n) is 10.8. The Labute approximate surface area is 125 Å². The largest absolute Gasteiger partial charge is 0.478 e. The van der Waals surface area contributed by atoms with Gasteiger partial charge in [0, 0.05) is 23.0 Å². The third kappa shape index (κ3) is 4.43. The Morgan fingerprint density at radius 3 is 2.76 bits per heavy atom. The number of carbonyl (C=O) groups is 2. The van der Waals surface area contributed by atoms with E-state index >= 15 is 0 Å². The van der Waals surface area contributed by atoms with Crippen LogP contribution < -0.4 is 5.32 Å². The number of anilines is 1. The van der Waals surface area contributed by atoms with E-state index in [1.165, 1.54) is 18.3 Å². The van der Waals surface area contributed by atoms with Crippen LogP contribution in [-0.4, -0.2) is 22.0 Å². The van der Waals surface area contributed by atoms with Crippen LogP contribution in [-0.2, 0) is 4.79 Å². The molecule has 0 saturated heterocycles. The molecule has 0 saturated carbocycles. The third-order valence-corrected chi connectivity index (χ3v) is 2.75. The number of carboxylic acid groups (broad SMARTS) is 1. The summed E-state index contributed by atoms with van der Waals surface area (Å²) in [6.45, 7) is 0. The lowest BCUT2D eigenvalue weighted by molar-refractivity contribution is -0.131. The van der Waals surface area contributed by atoms with Gasteiger partial charge in [0.25, 0.3) is 5.91 Å². The zero-order chi connectivity index (χ0) is 15.2. The van der Waals surface area contributed by atoms with E-state index in [1.807, 2.05) is 0 Å². The molecular weight excluding hydrogens is 292 g/mol. The Hall–Kier alpha value is -2.66. The minimum absolute atomic E-state index is 0.203. The second-order valence-corrected chi connectivity index (χ2v) is 4.55. The molecule has 21 heavy (non-hydrogen) atoms. The van der Waals surface area contributed by atoms with Crippen molar-refractivity contribution in [1.82, 2.24) is 4.98 Å². The summed E-state index contributed by atoms with van der Waals surface area (Å²) in [7, 11) is 0. The molecule has 106 valence electrons. The summed E-state index contributed by atoms with van der Waals surface area (Å²) in [4.78, 5) is 26.4. The number of halogens is 1. The minimum atomic E-state index is -1.03. The fourth-order valence-electron chi connectivity index (χ4n) is 1.61. The number of carbonyl (C=O) groups excluding carboxylic acids is 1. The van der Waals surface area contributed by atoms with E-state index in [-0.39, 0.29) is 5.69 Å². The van der Waals surface area contributed by atoms with Gasteiger partial charge in [0.1, 0.15) is 5.69 Å². The van der Waals surface area contributed by atoms with Gasteiger partial charge in [0.15, 0.2) is 0 Å². The fraction of sp³-hybridized carbons (Fsp3) is 0. The summed E-state index contributed by atoms with van der Waals surface area (Å²) in [5, 5.41) is 11.7. The second kappa shape index (κ2) is 6.67. The summed E-state index contributed by atoms with van der Waals surface area (Å²) in [5.74, 6) is -1.43. The first kappa shape index (κ1) is 14.7. The van der Waals surface area contributed by atoms with E-state index < -0.39 is 11.9 Å². The quantitative estimate of drug-likeness (QED) is 0.851. The summed E-state index contributed by atoms with van der Waals surface area (Å²) in [6.07, 6.45) is 3.92. The SMILES string of the molecule is O=C(O)/C=C/c1cccc(NC(=O)c2cc(Cl)ccn2)c1. The van der Waals surface area contributed by atoms with Crippen molar-refractivity contribution in [3.8, 4) is 0 Å². The van der Waals surface area contributed by atoms with Crippen molar-refractivity contribution in [2.24, 2.45) is 0 Å². The van der Waals surface area contributed by atoms with Crippen LogP contribution in [0.4, 0.5) is 5.69 Å². The van der Waals surface area contributed by atoms with Crippen molar-refractivity contribution >= 4 is 35.2 Å². The van der Waals surface area contributed by atoms with Gasteiger partial charge in [-0.2, -0.15) is 0 Å². The number of hydrogen-bond acceptors (Lipinski definition) is 3. The highest BCUT2D eigenvalue weighted by atomic mass is 35.5. The van der Waals surface area contributed by atoms with Crippen molar-refractivity contribution in [2.45, 2.75) is 0 Å². The first-order chi connectivity index (χ1) is 10.0. The van der Waals surface area contributed by atoms with Gasteiger partial charge < -0.3 is 10.4 Å². The summed E-state index contributed by atoms with van der Waals surface area (Å²) >= 11 is 5.80. The molecule has 0 fully saturated rings. The number of aliphatic carboxylic acids is 1. The predicted molar refractivity (Wildman–Crippen MR) is 80.3 cm³/mol. The maximum Gasteiger partial charge on any atom is 0.328 e. The zero-order valence-corrected chi connectivity index (χ0v) is 11.5. The normalized spacial score (nSPS) is 10.5. The summed E-state index contributed by atoms with van der Waals surface area (Å²) in [6, 6.07) is 9.83. The molecule has 2 N–H and O–H groups in total. The number of aromatic nitrogens is 1. The molecule has 6 heteroatoms. The average Bonchev–Trinajstić information content (AvgIpc) is 2.45. The van der Waals surface area contributed by atoms with E-state index in [0.29, 0.717) is 16.3 Å². The maximum absolute atomic E-state index is 12.0. The molecule has 0 spiro atoms. The van der Waals surface area contributed by atoms with Crippen LogP contribution in [0.15, 0.2) is 48.7 Å². The standard InChI is InChI=1S/C15H11ClN2O3/c16-11-6-7-17-13(9-11)15(21)18-12-3-1-2-10(8-12)4-5-14(19)20/h1-9H,(H,18,21)(H,19,20)/b5-4+. The molecular formula is C15H11ClN2O3. The van der Waals surface area contributed by atoms with Gasteiger partial charge >= 0.3 is 5.97 Å². The van der Waals surface area contributed by atoms with Crippen LogP contribution in [0.3, 0.4) is 0 Å². The molecule has 0 aliphatic rings. The highest BCUT2D eigenvalue weighted by Crippen LogP contribution is 2.14. The molecule has 1 aromatic heterocycles.